The molecule has 0 aromatic carbocycles. The van der Waals surface area contributed by atoms with Crippen molar-refractivity contribution >= 4 is 11.6 Å². The Bertz CT molecular complexity index is 591. The van der Waals surface area contributed by atoms with Gasteiger partial charge >= 0.3 is 0 Å². The second-order valence-electron chi connectivity index (χ2n) is 6.04. The monoisotopic (exact) mass is 295 g/mol. The highest BCUT2D eigenvalue weighted by Crippen LogP contribution is 2.20. The lowest BCUT2D eigenvalue weighted by Crippen LogP contribution is -2.36. The molecule has 2 aromatic heterocycles. The van der Waals surface area contributed by atoms with Crippen LogP contribution in [0.15, 0.2) is 12.4 Å². The summed E-state index contributed by atoms with van der Waals surface area (Å²) in [5.41, 5.74) is 1.93. The third-order valence-electron chi connectivity index (χ3n) is 3.16. The molecule has 5 nitrogen and oxygen atoms in total. The molecule has 0 amide bonds. The molecule has 2 rings (SSSR count). The van der Waals surface area contributed by atoms with Gasteiger partial charge in [0, 0.05) is 25.0 Å². The maximum Gasteiger partial charge on any atom is 0.123 e. The third-order valence-corrected chi connectivity index (χ3v) is 3.65. The summed E-state index contributed by atoms with van der Waals surface area (Å²) in [5.74, 6) is 0.995. The first-order valence-electron chi connectivity index (χ1n) is 6.71. The second kappa shape index (κ2) is 5.58. The van der Waals surface area contributed by atoms with Crippen LogP contribution in [0.5, 0.6) is 0 Å². The van der Waals surface area contributed by atoms with Crippen molar-refractivity contribution in [3.8, 4) is 0 Å². The Morgan fingerprint density at radius 3 is 2.60 bits per heavy atom. The van der Waals surface area contributed by atoms with E-state index in [-0.39, 0.29) is 5.54 Å². The molecule has 0 saturated heterocycles. The molecule has 2 heterocycles. The van der Waals surface area contributed by atoms with Gasteiger partial charge in [0.25, 0.3) is 0 Å². The van der Waals surface area contributed by atoms with E-state index in [1.165, 1.54) is 0 Å². The normalized spacial score (nSPS) is 12.1. The molecule has 0 saturated carbocycles. The van der Waals surface area contributed by atoms with E-state index in [1.54, 1.807) is 0 Å². The highest BCUT2D eigenvalue weighted by Gasteiger charge is 2.15. The van der Waals surface area contributed by atoms with Crippen molar-refractivity contribution in [1.82, 2.24) is 24.6 Å². The summed E-state index contributed by atoms with van der Waals surface area (Å²) >= 11 is 6.30. The van der Waals surface area contributed by atoms with Crippen molar-refractivity contribution in [3.05, 3.63) is 34.6 Å². The fourth-order valence-corrected chi connectivity index (χ4v) is 2.23. The predicted octanol–water partition coefficient (Wildman–Crippen LogP) is 2.51. The van der Waals surface area contributed by atoms with E-state index in [4.69, 9.17) is 11.6 Å². The predicted molar refractivity (Wildman–Crippen MR) is 80.9 cm³/mol. The number of aromatic nitrogens is 4. The first-order valence-corrected chi connectivity index (χ1v) is 7.09. The van der Waals surface area contributed by atoms with Gasteiger partial charge in [0.15, 0.2) is 0 Å². The molecule has 20 heavy (non-hydrogen) atoms. The van der Waals surface area contributed by atoms with Crippen LogP contribution in [0.3, 0.4) is 0 Å². The van der Waals surface area contributed by atoms with E-state index in [9.17, 15) is 0 Å². The van der Waals surface area contributed by atoms with Crippen LogP contribution in [0.4, 0.5) is 0 Å². The van der Waals surface area contributed by atoms with Crippen LogP contribution in [0, 0.1) is 6.92 Å². The number of rotatable bonds is 4. The van der Waals surface area contributed by atoms with E-state index in [0.717, 1.165) is 28.8 Å². The maximum atomic E-state index is 6.30. The van der Waals surface area contributed by atoms with E-state index in [1.807, 2.05) is 31.0 Å². The van der Waals surface area contributed by atoms with Crippen LogP contribution in [-0.2, 0) is 20.1 Å². The van der Waals surface area contributed by atoms with Gasteiger partial charge in [0.1, 0.15) is 5.82 Å². The van der Waals surface area contributed by atoms with Gasteiger partial charge in [0.2, 0.25) is 0 Å². The number of hydrogen-bond acceptors (Lipinski definition) is 3. The Labute approximate surface area is 125 Å². The van der Waals surface area contributed by atoms with Gasteiger partial charge in [-0.2, -0.15) is 5.10 Å². The van der Waals surface area contributed by atoms with Gasteiger partial charge in [-0.25, -0.2) is 4.98 Å². The molecule has 2 aromatic rings. The summed E-state index contributed by atoms with van der Waals surface area (Å²) in [5, 5.41) is 8.52. The zero-order valence-corrected chi connectivity index (χ0v) is 13.5. The van der Waals surface area contributed by atoms with Gasteiger partial charge in [0.05, 0.1) is 29.5 Å². The zero-order valence-electron chi connectivity index (χ0n) is 12.7. The number of nitrogens with one attached hydrogen (secondary N) is 1. The molecule has 0 unspecified atom stereocenters. The van der Waals surface area contributed by atoms with Crippen LogP contribution >= 0.6 is 11.6 Å². The summed E-state index contributed by atoms with van der Waals surface area (Å²) in [6, 6.07) is 0. The standard InChI is InChI=1S/C14H22ClN5/c1-10-13(15)11(19(5)18-10)9-20-7-6-16-12(20)8-17-14(2,3)4/h6-7,17H,8-9H2,1-5H3. The molecule has 0 aliphatic heterocycles. The number of hydrogen-bond donors (Lipinski definition) is 1. The SMILES string of the molecule is Cc1nn(C)c(Cn2ccnc2CNC(C)(C)C)c1Cl. The minimum atomic E-state index is 0.0670. The minimum Gasteiger partial charge on any atom is -0.328 e. The van der Waals surface area contributed by atoms with Gasteiger partial charge in [-0.1, -0.05) is 11.6 Å². The van der Waals surface area contributed by atoms with Crippen molar-refractivity contribution in [1.29, 1.82) is 0 Å². The molecule has 0 bridgehead atoms. The number of aryl methyl sites for hydroxylation is 2. The van der Waals surface area contributed by atoms with E-state index < -0.39 is 0 Å². The molecular formula is C14H22ClN5. The lowest BCUT2D eigenvalue weighted by Gasteiger charge is -2.20. The highest BCUT2D eigenvalue weighted by molar-refractivity contribution is 6.31. The zero-order chi connectivity index (χ0) is 14.9. The van der Waals surface area contributed by atoms with Crippen molar-refractivity contribution in [2.24, 2.45) is 7.05 Å². The molecule has 0 aliphatic rings. The Balaban J connectivity index is 2.16. The number of imidazole rings is 1. The van der Waals surface area contributed by atoms with Gasteiger partial charge in [-0.05, 0) is 27.7 Å². The van der Waals surface area contributed by atoms with Crippen molar-refractivity contribution in [3.63, 3.8) is 0 Å². The van der Waals surface area contributed by atoms with Gasteiger partial charge in [-0.15, -0.1) is 0 Å². The topological polar surface area (TPSA) is 47.7 Å². The van der Waals surface area contributed by atoms with Crippen molar-refractivity contribution in [2.45, 2.75) is 46.3 Å². The van der Waals surface area contributed by atoms with E-state index in [0.29, 0.717) is 6.54 Å². The summed E-state index contributed by atoms with van der Waals surface area (Å²) in [6.07, 6.45) is 3.79. The minimum absolute atomic E-state index is 0.0670. The Morgan fingerprint density at radius 1 is 1.35 bits per heavy atom. The quantitative estimate of drug-likeness (QED) is 0.943. The average Bonchev–Trinajstić information content (AvgIpc) is 2.87. The highest BCUT2D eigenvalue weighted by atomic mass is 35.5. The fourth-order valence-electron chi connectivity index (χ4n) is 2.01. The van der Waals surface area contributed by atoms with Crippen LogP contribution in [-0.4, -0.2) is 24.9 Å². The van der Waals surface area contributed by atoms with Gasteiger partial charge < -0.3 is 9.88 Å². The first-order chi connectivity index (χ1) is 9.28. The Morgan fingerprint density at radius 2 is 2.05 bits per heavy atom. The Kier molecular flexibility index (Phi) is 4.20. The molecule has 110 valence electrons. The maximum absolute atomic E-state index is 6.30. The smallest absolute Gasteiger partial charge is 0.123 e. The summed E-state index contributed by atoms with van der Waals surface area (Å²) in [7, 11) is 1.91. The lowest BCUT2D eigenvalue weighted by molar-refractivity contribution is 0.412. The lowest BCUT2D eigenvalue weighted by atomic mass is 10.1. The summed E-state index contributed by atoms with van der Waals surface area (Å²) in [4.78, 5) is 4.41. The molecule has 6 heteroatoms. The number of halogens is 1. The van der Waals surface area contributed by atoms with E-state index in [2.05, 4.69) is 40.7 Å². The van der Waals surface area contributed by atoms with Crippen molar-refractivity contribution in [2.75, 3.05) is 0 Å². The molecule has 1 N–H and O–H groups in total. The molecule has 0 radical (unpaired) electrons. The number of nitrogens with zero attached hydrogens (tertiary/aromatic N) is 4. The van der Waals surface area contributed by atoms with Crippen LogP contribution in [0.1, 0.15) is 38.0 Å². The van der Waals surface area contributed by atoms with Crippen LogP contribution in [0.2, 0.25) is 5.02 Å². The molecule has 0 spiro atoms. The summed E-state index contributed by atoms with van der Waals surface area (Å²) in [6.45, 7) is 9.75. The van der Waals surface area contributed by atoms with Gasteiger partial charge in [-0.3, -0.25) is 4.68 Å². The summed E-state index contributed by atoms with van der Waals surface area (Å²) < 4.78 is 3.93. The molecule has 0 atom stereocenters. The molecule has 0 fully saturated rings. The first kappa shape index (κ1) is 15.1. The fraction of sp³-hybridized carbons (Fsp3) is 0.571. The van der Waals surface area contributed by atoms with Crippen LogP contribution in [0.25, 0.3) is 0 Å². The molecule has 0 aliphatic carbocycles. The third kappa shape index (κ3) is 3.41. The van der Waals surface area contributed by atoms with E-state index >= 15 is 0 Å². The second-order valence-corrected chi connectivity index (χ2v) is 6.42. The van der Waals surface area contributed by atoms with Crippen molar-refractivity contribution < 1.29 is 0 Å². The average molecular weight is 296 g/mol. The Hall–Kier alpha value is -1.33. The van der Waals surface area contributed by atoms with Crippen LogP contribution < -0.4 is 5.32 Å². The largest absolute Gasteiger partial charge is 0.328 e. The molecular weight excluding hydrogens is 274 g/mol.